The molecular formula is C20H28N6O3. The first kappa shape index (κ1) is 20.8. The second-order valence-corrected chi connectivity index (χ2v) is 7.06. The fourth-order valence-electron chi connectivity index (χ4n) is 3.31. The molecular weight excluding hydrogens is 372 g/mol. The van der Waals surface area contributed by atoms with Gasteiger partial charge in [-0.2, -0.15) is 4.98 Å². The Balaban J connectivity index is 2.11. The summed E-state index contributed by atoms with van der Waals surface area (Å²) < 4.78 is 4.34. The highest BCUT2D eigenvalue weighted by Gasteiger charge is 2.20. The Kier molecular flexibility index (Phi) is 6.50. The molecule has 3 rings (SSSR count). The van der Waals surface area contributed by atoms with Crippen LogP contribution in [-0.4, -0.2) is 49.5 Å². The monoisotopic (exact) mass is 400 g/mol. The van der Waals surface area contributed by atoms with Gasteiger partial charge in [0.15, 0.2) is 11.2 Å². The third-order valence-electron chi connectivity index (χ3n) is 5.04. The minimum absolute atomic E-state index is 0.0498. The molecule has 0 saturated carbocycles. The van der Waals surface area contributed by atoms with Crippen LogP contribution in [0.5, 0.6) is 0 Å². The molecule has 29 heavy (non-hydrogen) atoms. The summed E-state index contributed by atoms with van der Waals surface area (Å²) in [5, 5.41) is 15.6. The van der Waals surface area contributed by atoms with Crippen LogP contribution < -0.4 is 21.9 Å². The van der Waals surface area contributed by atoms with E-state index in [1.165, 1.54) is 11.6 Å². The van der Waals surface area contributed by atoms with Crippen LogP contribution in [0.1, 0.15) is 18.9 Å². The fraction of sp³-hybridized carbons (Fsp3) is 0.450. The lowest BCUT2D eigenvalue weighted by molar-refractivity contribution is 0.291. The van der Waals surface area contributed by atoms with Crippen LogP contribution in [0.3, 0.4) is 0 Å². The molecule has 0 aliphatic rings. The summed E-state index contributed by atoms with van der Waals surface area (Å²) >= 11 is 0. The smallest absolute Gasteiger partial charge is 0.332 e. The van der Waals surface area contributed by atoms with Crippen molar-refractivity contribution in [2.75, 3.05) is 25.0 Å². The topological polar surface area (TPSA) is 106 Å². The van der Waals surface area contributed by atoms with E-state index in [1.807, 2.05) is 34.9 Å². The van der Waals surface area contributed by atoms with E-state index < -0.39 is 5.69 Å². The Labute approximate surface area is 168 Å². The lowest BCUT2D eigenvalue weighted by atomic mass is 10.2. The Morgan fingerprint density at radius 3 is 2.52 bits per heavy atom. The summed E-state index contributed by atoms with van der Waals surface area (Å²) in [7, 11) is 3.10. The van der Waals surface area contributed by atoms with Gasteiger partial charge in [0.2, 0.25) is 5.95 Å². The fourth-order valence-corrected chi connectivity index (χ4v) is 3.31. The molecule has 0 bridgehead atoms. The van der Waals surface area contributed by atoms with E-state index in [2.05, 4.69) is 22.5 Å². The minimum Gasteiger partial charge on any atom is -0.395 e. The van der Waals surface area contributed by atoms with Crippen molar-refractivity contribution < 1.29 is 5.11 Å². The molecule has 1 atom stereocenters. The third kappa shape index (κ3) is 4.25. The predicted octanol–water partition coefficient (Wildman–Crippen LogP) is 0.254. The molecule has 0 fully saturated rings. The van der Waals surface area contributed by atoms with Crippen molar-refractivity contribution in [2.45, 2.75) is 25.9 Å². The van der Waals surface area contributed by atoms with Crippen LogP contribution in [0.4, 0.5) is 5.95 Å². The van der Waals surface area contributed by atoms with Crippen molar-refractivity contribution in [3.8, 4) is 0 Å². The highest BCUT2D eigenvalue weighted by atomic mass is 16.3. The van der Waals surface area contributed by atoms with E-state index in [1.54, 1.807) is 7.05 Å². The molecule has 0 aliphatic carbocycles. The zero-order valence-electron chi connectivity index (χ0n) is 17.1. The molecule has 0 radical (unpaired) electrons. The molecule has 156 valence electrons. The molecule has 9 heteroatoms. The standard InChI is InChI=1S/C20H28N6O3/c1-4-15(12-21-10-11-27)22-19-23-17-16(18(28)25(3)20(29)24(17)2)26(19)13-14-8-6-5-7-9-14/h5-9,15,21,27H,4,10-13H2,1-3H3,(H,22,23)/t15-/m0/s1. The summed E-state index contributed by atoms with van der Waals surface area (Å²) in [5.74, 6) is 0.541. The summed E-state index contributed by atoms with van der Waals surface area (Å²) in [6.07, 6.45) is 0.823. The maximum absolute atomic E-state index is 12.9. The average molecular weight is 400 g/mol. The van der Waals surface area contributed by atoms with Gasteiger partial charge in [0.25, 0.3) is 5.56 Å². The van der Waals surface area contributed by atoms with Crippen LogP contribution in [-0.2, 0) is 20.6 Å². The Morgan fingerprint density at radius 1 is 1.14 bits per heavy atom. The summed E-state index contributed by atoms with van der Waals surface area (Å²) in [4.78, 5) is 29.9. The first-order chi connectivity index (χ1) is 14.0. The van der Waals surface area contributed by atoms with Gasteiger partial charge in [0, 0.05) is 33.2 Å². The molecule has 3 N–H and O–H groups in total. The molecule has 0 saturated heterocycles. The number of hydrogen-bond acceptors (Lipinski definition) is 6. The summed E-state index contributed by atoms with van der Waals surface area (Å²) in [6, 6.07) is 9.86. The second kappa shape index (κ2) is 9.06. The Morgan fingerprint density at radius 2 is 1.86 bits per heavy atom. The second-order valence-electron chi connectivity index (χ2n) is 7.06. The van der Waals surface area contributed by atoms with Gasteiger partial charge in [0.1, 0.15) is 0 Å². The molecule has 2 heterocycles. The van der Waals surface area contributed by atoms with E-state index >= 15 is 0 Å². The van der Waals surface area contributed by atoms with Gasteiger partial charge < -0.3 is 15.7 Å². The number of anilines is 1. The van der Waals surface area contributed by atoms with Gasteiger partial charge >= 0.3 is 5.69 Å². The van der Waals surface area contributed by atoms with E-state index in [4.69, 9.17) is 5.11 Å². The van der Waals surface area contributed by atoms with Crippen LogP contribution in [0.2, 0.25) is 0 Å². The van der Waals surface area contributed by atoms with Crippen LogP contribution >= 0.6 is 0 Å². The Hall–Kier alpha value is -2.91. The minimum atomic E-state index is -0.407. The van der Waals surface area contributed by atoms with Gasteiger partial charge in [-0.25, -0.2) is 4.79 Å². The number of nitrogens with one attached hydrogen (secondary N) is 2. The van der Waals surface area contributed by atoms with Crippen molar-refractivity contribution in [3.05, 3.63) is 56.7 Å². The number of rotatable bonds is 9. The molecule has 3 aromatic rings. The molecule has 9 nitrogen and oxygen atoms in total. The number of aryl methyl sites for hydroxylation is 1. The number of benzene rings is 1. The van der Waals surface area contributed by atoms with Crippen LogP contribution in [0.15, 0.2) is 39.9 Å². The number of imidazole rings is 1. The van der Waals surface area contributed by atoms with Gasteiger partial charge in [-0.05, 0) is 12.0 Å². The van der Waals surface area contributed by atoms with Crippen LogP contribution in [0.25, 0.3) is 11.2 Å². The lowest BCUT2D eigenvalue weighted by Crippen LogP contribution is -2.37. The highest BCUT2D eigenvalue weighted by Crippen LogP contribution is 2.19. The maximum atomic E-state index is 12.9. The highest BCUT2D eigenvalue weighted by molar-refractivity contribution is 5.74. The van der Waals surface area contributed by atoms with Gasteiger partial charge in [-0.1, -0.05) is 37.3 Å². The van der Waals surface area contributed by atoms with Gasteiger partial charge in [0.05, 0.1) is 13.2 Å². The molecule has 1 aromatic carbocycles. The molecule has 0 amide bonds. The number of aliphatic hydroxyl groups is 1. The first-order valence-corrected chi connectivity index (χ1v) is 9.76. The van der Waals surface area contributed by atoms with Crippen molar-refractivity contribution in [3.63, 3.8) is 0 Å². The van der Waals surface area contributed by atoms with Gasteiger partial charge in [-0.3, -0.25) is 18.5 Å². The number of aliphatic hydroxyl groups excluding tert-OH is 1. The molecule has 0 spiro atoms. The van der Waals surface area contributed by atoms with Gasteiger partial charge in [-0.15, -0.1) is 0 Å². The quantitative estimate of drug-likeness (QED) is 0.445. The van der Waals surface area contributed by atoms with Crippen molar-refractivity contribution in [1.29, 1.82) is 0 Å². The van der Waals surface area contributed by atoms with E-state index in [-0.39, 0.29) is 18.2 Å². The normalized spacial score (nSPS) is 12.4. The predicted molar refractivity (Wildman–Crippen MR) is 113 cm³/mol. The largest absolute Gasteiger partial charge is 0.395 e. The van der Waals surface area contributed by atoms with E-state index in [0.717, 1.165) is 16.6 Å². The van der Waals surface area contributed by atoms with Crippen molar-refractivity contribution >= 4 is 17.1 Å². The van der Waals surface area contributed by atoms with E-state index in [0.29, 0.717) is 36.7 Å². The lowest BCUT2D eigenvalue weighted by Gasteiger charge is -2.19. The van der Waals surface area contributed by atoms with Crippen molar-refractivity contribution in [1.82, 2.24) is 24.0 Å². The number of hydrogen-bond donors (Lipinski definition) is 3. The summed E-state index contributed by atoms with van der Waals surface area (Å²) in [5.41, 5.74) is 0.993. The molecule has 0 unspecified atom stereocenters. The molecule has 2 aromatic heterocycles. The van der Waals surface area contributed by atoms with E-state index in [9.17, 15) is 9.59 Å². The average Bonchev–Trinajstić information content (AvgIpc) is 3.08. The maximum Gasteiger partial charge on any atom is 0.332 e. The Bertz CT molecular complexity index is 1080. The number of aromatic nitrogens is 4. The molecule has 0 aliphatic heterocycles. The SMILES string of the molecule is CC[C@@H](CNCCO)Nc1nc2c(c(=O)n(C)c(=O)n2C)n1Cc1ccccc1. The first-order valence-electron chi connectivity index (χ1n) is 9.76. The third-order valence-corrected chi connectivity index (χ3v) is 5.04. The summed E-state index contributed by atoms with van der Waals surface area (Å²) in [6.45, 7) is 3.72. The zero-order chi connectivity index (χ0) is 21.0. The number of fused-ring (bicyclic) bond motifs is 1. The van der Waals surface area contributed by atoms with Crippen LogP contribution in [0, 0.1) is 0 Å². The van der Waals surface area contributed by atoms with Crippen molar-refractivity contribution in [2.24, 2.45) is 14.1 Å². The number of nitrogens with zero attached hydrogens (tertiary/aromatic N) is 4. The zero-order valence-corrected chi connectivity index (χ0v) is 17.1.